The third-order valence-corrected chi connectivity index (χ3v) is 5.68. The lowest BCUT2D eigenvalue weighted by molar-refractivity contribution is -0.116. The number of aryl methyl sites for hydroxylation is 2. The minimum Gasteiger partial charge on any atom is -0.301 e. The predicted molar refractivity (Wildman–Crippen MR) is 102 cm³/mol. The summed E-state index contributed by atoms with van der Waals surface area (Å²) < 4.78 is 0. The normalized spacial score (nSPS) is 13.5. The van der Waals surface area contributed by atoms with Gasteiger partial charge in [-0.2, -0.15) is 0 Å². The van der Waals surface area contributed by atoms with Crippen molar-refractivity contribution in [3.05, 3.63) is 82.4 Å². The molecule has 0 unspecified atom stereocenters. The Balaban J connectivity index is 1.63. The number of amides is 1. The maximum Gasteiger partial charge on any atom is 0.238 e. The molecule has 0 bridgehead atoms. The van der Waals surface area contributed by atoms with Crippen LogP contribution in [0.1, 0.15) is 40.5 Å². The molecular weight excluding hydrogens is 328 g/mol. The molecule has 1 aliphatic rings. The third-order valence-electron chi connectivity index (χ3n) is 4.60. The number of hydrogen-bond acceptors (Lipinski definition) is 3. The lowest BCUT2D eigenvalue weighted by atomic mass is 9.90. The molecule has 0 spiro atoms. The third kappa shape index (κ3) is 3.49. The minimum absolute atomic E-state index is 0.0245. The van der Waals surface area contributed by atoms with Crippen molar-refractivity contribution in [2.24, 2.45) is 0 Å². The maximum atomic E-state index is 13.1. The van der Waals surface area contributed by atoms with Crippen LogP contribution in [0, 0.1) is 0 Å². The van der Waals surface area contributed by atoms with Crippen LogP contribution < -0.4 is 5.32 Å². The summed E-state index contributed by atoms with van der Waals surface area (Å²) in [7, 11) is 0. The highest BCUT2D eigenvalue weighted by molar-refractivity contribution is 7.15. The fraction of sp³-hybridized carbons (Fsp3) is 0.238. The molecule has 3 aromatic rings. The number of carbonyl (C=O) groups is 1. The van der Waals surface area contributed by atoms with Crippen molar-refractivity contribution >= 4 is 22.4 Å². The Kier molecular flexibility index (Phi) is 4.61. The van der Waals surface area contributed by atoms with Gasteiger partial charge in [0.1, 0.15) is 0 Å². The molecule has 1 heterocycles. The molecule has 0 saturated carbocycles. The van der Waals surface area contributed by atoms with E-state index in [1.54, 1.807) is 11.3 Å². The second-order valence-electron chi connectivity index (χ2n) is 6.34. The Labute approximate surface area is 151 Å². The number of nitrogens with zero attached hydrogens (tertiary/aromatic N) is 1. The second kappa shape index (κ2) is 7.19. The summed E-state index contributed by atoms with van der Waals surface area (Å²) in [6, 6.07) is 19.8. The van der Waals surface area contributed by atoms with E-state index >= 15 is 0 Å². The van der Waals surface area contributed by atoms with Gasteiger partial charge in [0.2, 0.25) is 5.91 Å². The van der Waals surface area contributed by atoms with E-state index in [-0.39, 0.29) is 11.8 Å². The Morgan fingerprint density at radius 2 is 1.52 bits per heavy atom. The van der Waals surface area contributed by atoms with Crippen LogP contribution in [0.5, 0.6) is 0 Å². The van der Waals surface area contributed by atoms with Gasteiger partial charge in [-0.15, -0.1) is 11.3 Å². The number of rotatable bonds is 4. The highest BCUT2D eigenvalue weighted by Crippen LogP contribution is 2.31. The van der Waals surface area contributed by atoms with Crippen molar-refractivity contribution in [2.75, 3.05) is 5.32 Å². The molecule has 1 aromatic heterocycles. The smallest absolute Gasteiger partial charge is 0.238 e. The zero-order chi connectivity index (χ0) is 17.1. The summed E-state index contributed by atoms with van der Waals surface area (Å²) in [6.07, 6.45) is 4.53. The highest BCUT2D eigenvalue weighted by atomic mass is 32.1. The molecule has 0 aliphatic heterocycles. The van der Waals surface area contributed by atoms with Crippen LogP contribution in [-0.4, -0.2) is 10.9 Å². The molecule has 126 valence electrons. The number of carbonyl (C=O) groups excluding carboxylic acids is 1. The first-order valence-electron chi connectivity index (χ1n) is 8.70. The fourth-order valence-electron chi connectivity index (χ4n) is 3.37. The Morgan fingerprint density at radius 1 is 0.920 bits per heavy atom. The number of benzene rings is 2. The van der Waals surface area contributed by atoms with E-state index in [1.807, 2.05) is 60.7 Å². The standard InChI is InChI=1S/C21H20N2OS/c24-20(23-21-22-17-13-7-8-14-18(17)25-21)19(15-9-3-1-4-10-15)16-11-5-2-6-12-16/h1-6,9-12,19H,7-8,13-14H2,(H,22,23,24). The van der Waals surface area contributed by atoms with E-state index in [9.17, 15) is 4.79 Å². The lowest BCUT2D eigenvalue weighted by Gasteiger charge is -2.17. The monoisotopic (exact) mass is 348 g/mol. The summed E-state index contributed by atoms with van der Waals surface area (Å²) in [4.78, 5) is 19.1. The number of anilines is 1. The number of hydrogen-bond donors (Lipinski definition) is 1. The van der Waals surface area contributed by atoms with E-state index in [0.29, 0.717) is 0 Å². The summed E-state index contributed by atoms with van der Waals surface area (Å²) in [5, 5.41) is 3.80. The van der Waals surface area contributed by atoms with Gasteiger partial charge in [-0.1, -0.05) is 60.7 Å². The van der Waals surface area contributed by atoms with E-state index in [4.69, 9.17) is 0 Å². The van der Waals surface area contributed by atoms with Gasteiger partial charge in [0.05, 0.1) is 11.6 Å². The van der Waals surface area contributed by atoms with Crippen LogP contribution in [0.4, 0.5) is 5.13 Å². The van der Waals surface area contributed by atoms with E-state index < -0.39 is 0 Å². The van der Waals surface area contributed by atoms with Crippen LogP contribution in [0.25, 0.3) is 0 Å². The molecule has 2 aromatic carbocycles. The highest BCUT2D eigenvalue weighted by Gasteiger charge is 2.24. The van der Waals surface area contributed by atoms with Crippen molar-refractivity contribution in [3.63, 3.8) is 0 Å². The molecule has 25 heavy (non-hydrogen) atoms. The summed E-state index contributed by atoms with van der Waals surface area (Å²) in [6.45, 7) is 0. The SMILES string of the molecule is O=C(Nc1nc2c(s1)CCCC2)C(c1ccccc1)c1ccccc1. The molecule has 3 nitrogen and oxygen atoms in total. The Morgan fingerprint density at radius 3 is 2.12 bits per heavy atom. The average molecular weight is 348 g/mol. The quantitative estimate of drug-likeness (QED) is 0.736. The topological polar surface area (TPSA) is 42.0 Å². The molecule has 1 amide bonds. The van der Waals surface area contributed by atoms with Crippen LogP contribution in [-0.2, 0) is 17.6 Å². The van der Waals surface area contributed by atoms with E-state index in [1.165, 1.54) is 23.4 Å². The first-order chi connectivity index (χ1) is 12.3. The van der Waals surface area contributed by atoms with Crippen molar-refractivity contribution in [2.45, 2.75) is 31.6 Å². The first kappa shape index (κ1) is 16.0. The van der Waals surface area contributed by atoms with Gasteiger partial charge in [-0.05, 0) is 36.8 Å². The number of nitrogens with one attached hydrogen (secondary N) is 1. The van der Waals surface area contributed by atoms with E-state index in [2.05, 4.69) is 10.3 Å². The number of aromatic nitrogens is 1. The zero-order valence-corrected chi connectivity index (χ0v) is 14.8. The molecule has 0 fully saturated rings. The molecule has 1 N–H and O–H groups in total. The molecule has 0 atom stereocenters. The Bertz CT molecular complexity index is 795. The molecule has 0 radical (unpaired) electrons. The number of fused-ring (bicyclic) bond motifs is 1. The molecule has 4 rings (SSSR count). The first-order valence-corrected chi connectivity index (χ1v) is 9.52. The summed E-state index contributed by atoms with van der Waals surface area (Å²) in [5.41, 5.74) is 3.16. The van der Waals surface area contributed by atoms with E-state index in [0.717, 1.165) is 29.1 Å². The van der Waals surface area contributed by atoms with Crippen molar-refractivity contribution in [3.8, 4) is 0 Å². The maximum absolute atomic E-state index is 13.1. The minimum atomic E-state index is -0.330. The molecule has 4 heteroatoms. The second-order valence-corrected chi connectivity index (χ2v) is 7.42. The van der Waals surface area contributed by atoms with Gasteiger partial charge in [-0.3, -0.25) is 4.79 Å². The van der Waals surface area contributed by atoms with Crippen LogP contribution >= 0.6 is 11.3 Å². The molecule has 1 aliphatic carbocycles. The Hall–Kier alpha value is -2.46. The van der Waals surface area contributed by atoms with Gasteiger partial charge in [0.15, 0.2) is 5.13 Å². The van der Waals surface area contributed by atoms with Crippen molar-refractivity contribution in [1.82, 2.24) is 4.98 Å². The van der Waals surface area contributed by atoms with Gasteiger partial charge in [0.25, 0.3) is 0 Å². The predicted octanol–water partition coefficient (Wildman–Crippen LogP) is 4.79. The summed E-state index contributed by atoms with van der Waals surface area (Å²) >= 11 is 1.63. The van der Waals surface area contributed by atoms with Gasteiger partial charge in [0, 0.05) is 4.88 Å². The molecule has 0 saturated heterocycles. The zero-order valence-electron chi connectivity index (χ0n) is 13.9. The van der Waals surface area contributed by atoms with Crippen LogP contribution in [0.15, 0.2) is 60.7 Å². The summed E-state index contributed by atoms with van der Waals surface area (Å²) in [5.74, 6) is -0.355. The number of thiazole rings is 1. The lowest BCUT2D eigenvalue weighted by Crippen LogP contribution is -2.22. The van der Waals surface area contributed by atoms with Gasteiger partial charge in [-0.25, -0.2) is 4.98 Å². The van der Waals surface area contributed by atoms with Crippen LogP contribution in [0.2, 0.25) is 0 Å². The van der Waals surface area contributed by atoms with Gasteiger partial charge < -0.3 is 5.32 Å². The van der Waals surface area contributed by atoms with Crippen LogP contribution in [0.3, 0.4) is 0 Å². The fourth-order valence-corrected chi connectivity index (χ4v) is 4.42. The largest absolute Gasteiger partial charge is 0.301 e. The average Bonchev–Trinajstić information content (AvgIpc) is 3.06. The molecular formula is C21H20N2OS. The van der Waals surface area contributed by atoms with Crippen molar-refractivity contribution in [1.29, 1.82) is 0 Å². The van der Waals surface area contributed by atoms with Gasteiger partial charge >= 0.3 is 0 Å². The van der Waals surface area contributed by atoms with Crippen molar-refractivity contribution < 1.29 is 4.79 Å².